The number of thioether (sulfide) groups is 1. The Morgan fingerprint density at radius 3 is 2.80 bits per heavy atom. The first-order valence-electron chi connectivity index (χ1n) is 4.90. The lowest BCUT2D eigenvalue weighted by Gasteiger charge is -2.18. The summed E-state index contributed by atoms with van der Waals surface area (Å²) in [6, 6.07) is 4.93. The van der Waals surface area contributed by atoms with Crippen molar-refractivity contribution in [3.05, 3.63) is 35.1 Å². The van der Waals surface area contributed by atoms with Crippen molar-refractivity contribution in [2.75, 3.05) is 12.0 Å². The Kier molecular flexibility index (Phi) is 5.08. The van der Waals surface area contributed by atoms with Gasteiger partial charge in [-0.15, -0.1) is 0 Å². The fourth-order valence-corrected chi connectivity index (χ4v) is 2.07. The van der Waals surface area contributed by atoms with Gasteiger partial charge in [-0.05, 0) is 48.6 Å². The minimum absolute atomic E-state index is 0.109. The molecule has 1 rings (SSSR count). The first-order chi connectivity index (χ1) is 7.19. The number of hydrazine groups is 1. The zero-order valence-electron chi connectivity index (χ0n) is 9.09. The average molecular weight is 228 g/mol. The fraction of sp³-hybridized carbons (Fsp3) is 0.455. The highest BCUT2D eigenvalue weighted by atomic mass is 32.2. The molecule has 0 amide bonds. The predicted octanol–water partition coefficient (Wildman–Crippen LogP) is 2.39. The van der Waals surface area contributed by atoms with Crippen LogP contribution in [0.3, 0.4) is 0 Å². The van der Waals surface area contributed by atoms with Crippen molar-refractivity contribution < 1.29 is 4.39 Å². The molecule has 2 nitrogen and oxygen atoms in total. The number of rotatable bonds is 5. The summed E-state index contributed by atoms with van der Waals surface area (Å²) in [7, 11) is 0. The first kappa shape index (κ1) is 12.5. The Morgan fingerprint density at radius 1 is 1.53 bits per heavy atom. The van der Waals surface area contributed by atoms with E-state index in [4.69, 9.17) is 5.84 Å². The van der Waals surface area contributed by atoms with Crippen molar-refractivity contribution in [3.63, 3.8) is 0 Å². The van der Waals surface area contributed by atoms with Gasteiger partial charge in [0.15, 0.2) is 0 Å². The molecule has 0 heterocycles. The van der Waals surface area contributed by atoms with Gasteiger partial charge in [0.25, 0.3) is 0 Å². The summed E-state index contributed by atoms with van der Waals surface area (Å²) in [5.74, 6) is 6.34. The second kappa shape index (κ2) is 6.10. The molecule has 0 radical (unpaired) electrons. The highest BCUT2D eigenvalue weighted by molar-refractivity contribution is 7.98. The summed E-state index contributed by atoms with van der Waals surface area (Å²) >= 11 is 1.78. The molecule has 1 aromatic rings. The Bertz CT molecular complexity index is 317. The van der Waals surface area contributed by atoms with E-state index in [9.17, 15) is 4.39 Å². The van der Waals surface area contributed by atoms with Gasteiger partial charge in [0, 0.05) is 6.04 Å². The van der Waals surface area contributed by atoms with Crippen LogP contribution in [0, 0.1) is 12.7 Å². The maximum absolute atomic E-state index is 12.9. The van der Waals surface area contributed by atoms with Gasteiger partial charge in [-0.3, -0.25) is 11.3 Å². The molecular weight excluding hydrogens is 211 g/mol. The Labute approximate surface area is 94.4 Å². The van der Waals surface area contributed by atoms with E-state index >= 15 is 0 Å². The lowest BCUT2D eigenvalue weighted by atomic mass is 10.00. The van der Waals surface area contributed by atoms with E-state index in [0.29, 0.717) is 0 Å². The number of benzene rings is 1. The van der Waals surface area contributed by atoms with Crippen molar-refractivity contribution in [2.45, 2.75) is 19.4 Å². The van der Waals surface area contributed by atoms with E-state index < -0.39 is 0 Å². The maximum atomic E-state index is 12.9. The van der Waals surface area contributed by atoms with Crippen LogP contribution < -0.4 is 11.3 Å². The number of hydrogen-bond acceptors (Lipinski definition) is 3. The van der Waals surface area contributed by atoms with Crippen molar-refractivity contribution in [1.29, 1.82) is 0 Å². The maximum Gasteiger partial charge on any atom is 0.123 e. The topological polar surface area (TPSA) is 38.0 Å². The molecule has 3 N–H and O–H groups in total. The van der Waals surface area contributed by atoms with Crippen LogP contribution in [0.2, 0.25) is 0 Å². The summed E-state index contributed by atoms with van der Waals surface area (Å²) < 4.78 is 12.9. The van der Waals surface area contributed by atoms with Gasteiger partial charge in [-0.2, -0.15) is 11.8 Å². The lowest BCUT2D eigenvalue weighted by molar-refractivity contribution is 0.537. The van der Waals surface area contributed by atoms with Gasteiger partial charge in [-0.25, -0.2) is 4.39 Å². The largest absolute Gasteiger partial charge is 0.271 e. The fourth-order valence-electron chi connectivity index (χ4n) is 1.59. The summed E-state index contributed by atoms with van der Waals surface area (Å²) in [6.07, 6.45) is 3.01. The zero-order valence-corrected chi connectivity index (χ0v) is 9.90. The Morgan fingerprint density at radius 2 is 2.27 bits per heavy atom. The molecule has 0 saturated heterocycles. The highest BCUT2D eigenvalue weighted by Gasteiger charge is 2.11. The number of nitrogens with one attached hydrogen (secondary N) is 1. The van der Waals surface area contributed by atoms with Gasteiger partial charge in [0.1, 0.15) is 5.82 Å². The Hall–Kier alpha value is -0.580. The van der Waals surface area contributed by atoms with E-state index in [-0.39, 0.29) is 11.9 Å². The zero-order chi connectivity index (χ0) is 11.3. The summed E-state index contributed by atoms with van der Waals surface area (Å²) in [4.78, 5) is 0. The number of halogens is 1. The summed E-state index contributed by atoms with van der Waals surface area (Å²) in [6.45, 7) is 1.90. The summed E-state index contributed by atoms with van der Waals surface area (Å²) in [5, 5.41) is 0. The number of hydrogen-bond donors (Lipinski definition) is 2. The molecule has 15 heavy (non-hydrogen) atoms. The van der Waals surface area contributed by atoms with Gasteiger partial charge in [0.2, 0.25) is 0 Å². The van der Waals surface area contributed by atoms with Gasteiger partial charge < -0.3 is 0 Å². The minimum Gasteiger partial charge on any atom is -0.271 e. The molecule has 1 atom stereocenters. The van der Waals surface area contributed by atoms with E-state index in [2.05, 4.69) is 11.7 Å². The van der Waals surface area contributed by atoms with Crippen LogP contribution in [0.25, 0.3) is 0 Å². The van der Waals surface area contributed by atoms with Crippen molar-refractivity contribution in [1.82, 2.24) is 5.43 Å². The van der Waals surface area contributed by atoms with E-state index in [1.54, 1.807) is 23.9 Å². The predicted molar refractivity (Wildman–Crippen MR) is 64.2 cm³/mol. The standard InChI is InChI=1S/C11H17FN2S/c1-8-7-9(12)3-4-10(8)11(14-13)5-6-15-2/h3-4,7,11,14H,5-6,13H2,1-2H3. The second-order valence-corrected chi connectivity index (χ2v) is 4.49. The van der Waals surface area contributed by atoms with Crippen LogP contribution in [-0.2, 0) is 0 Å². The quantitative estimate of drug-likeness (QED) is 0.600. The van der Waals surface area contributed by atoms with E-state index in [1.807, 2.05) is 6.92 Å². The van der Waals surface area contributed by atoms with Crippen LogP contribution >= 0.6 is 11.8 Å². The molecule has 0 aliphatic heterocycles. The second-order valence-electron chi connectivity index (χ2n) is 3.50. The van der Waals surface area contributed by atoms with Crippen molar-refractivity contribution >= 4 is 11.8 Å². The van der Waals surface area contributed by atoms with Crippen LogP contribution in [0.1, 0.15) is 23.6 Å². The van der Waals surface area contributed by atoms with Crippen LogP contribution in [0.4, 0.5) is 4.39 Å². The molecule has 0 aromatic heterocycles. The molecule has 0 aliphatic rings. The molecule has 0 bridgehead atoms. The number of nitrogens with two attached hydrogens (primary N) is 1. The average Bonchev–Trinajstić information content (AvgIpc) is 2.21. The molecule has 0 saturated carbocycles. The van der Waals surface area contributed by atoms with Gasteiger partial charge in [-0.1, -0.05) is 6.07 Å². The van der Waals surface area contributed by atoms with E-state index in [1.165, 1.54) is 6.07 Å². The van der Waals surface area contributed by atoms with Crippen molar-refractivity contribution in [2.24, 2.45) is 5.84 Å². The molecule has 84 valence electrons. The van der Waals surface area contributed by atoms with E-state index in [0.717, 1.165) is 23.3 Å². The molecule has 4 heteroatoms. The van der Waals surface area contributed by atoms with Crippen molar-refractivity contribution in [3.8, 4) is 0 Å². The lowest BCUT2D eigenvalue weighted by Crippen LogP contribution is -2.29. The minimum atomic E-state index is -0.197. The normalized spacial score (nSPS) is 12.8. The third-order valence-electron chi connectivity index (χ3n) is 2.42. The SMILES string of the molecule is CSCCC(NN)c1ccc(F)cc1C. The molecule has 1 aromatic carbocycles. The van der Waals surface area contributed by atoms with Crippen LogP contribution in [-0.4, -0.2) is 12.0 Å². The van der Waals surface area contributed by atoms with Crippen LogP contribution in [0.15, 0.2) is 18.2 Å². The Balaban J connectivity index is 2.81. The third-order valence-corrected chi connectivity index (χ3v) is 3.06. The molecule has 0 fully saturated rings. The molecule has 0 aliphatic carbocycles. The molecule has 1 unspecified atom stereocenters. The summed E-state index contributed by atoms with van der Waals surface area (Å²) in [5.41, 5.74) is 4.80. The first-order valence-corrected chi connectivity index (χ1v) is 6.29. The van der Waals surface area contributed by atoms with Gasteiger partial charge >= 0.3 is 0 Å². The highest BCUT2D eigenvalue weighted by Crippen LogP contribution is 2.21. The third kappa shape index (κ3) is 3.48. The molecular formula is C11H17FN2S. The smallest absolute Gasteiger partial charge is 0.123 e. The number of aryl methyl sites for hydroxylation is 1. The van der Waals surface area contributed by atoms with Crippen LogP contribution in [0.5, 0.6) is 0 Å². The van der Waals surface area contributed by atoms with Gasteiger partial charge in [0.05, 0.1) is 0 Å². The monoisotopic (exact) mass is 228 g/mol. The molecule has 0 spiro atoms.